The molecule has 1 fully saturated rings. The van der Waals surface area contributed by atoms with Crippen molar-refractivity contribution in [2.75, 3.05) is 38.7 Å². The van der Waals surface area contributed by atoms with Crippen LogP contribution in [0.4, 0.5) is 0 Å². The summed E-state index contributed by atoms with van der Waals surface area (Å²) in [5, 5.41) is 6.45. The highest BCUT2D eigenvalue weighted by atomic mass is 32.2. The molecule has 0 spiro atoms. The van der Waals surface area contributed by atoms with Crippen LogP contribution in [0.3, 0.4) is 0 Å². The van der Waals surface area contributed by atoms with Crippen LogP contribution in [-0.4, -0.2) is 57.4 Å². The van der Waals surface area contributed by atoms with E-state index in [1.54, 1.807) is 41.3 Å². The Morgan fingerprint density at radius 3 is 2.68 bits per heavy atom. The van der Waals surface area contributed by atoms with Crippen molar-refractivity contribution in [2.24, 2.45) is 4.99 Å². The van der Waals surface area contributed by atoms with Gasteiger partial charge in [0.05, 0.1) is 4.90 Å². The summed E-state index contributed by atoms with van der Waals surface area (Å²) in [4.78, 5) is 4.55. The second-order valence-corrected chi connectivity index (χ2v) is 8.88. The Morgan fingerprint density at radius 2 is 2.00 bits per heavy atom. The molecule has 1 aromatic carbocycles. The number of benzene rings is 1. The highest BCUT2D eigenvalue weighted by Gasteiger charge is 2.25. The number of nitrogens with one attached hydrogen (secondary N) is 2. The summed E-state index contributed by atoms with van der Waals surface area (Å²) in [6.45, 7) is 2.61. The molecule has 8 heteroatoms. The first-order chi connectivity index (χ1) is 12.1. The van der Waals surface area contributed by atoms with E-state index in [2.05, 4.69) is 21.9 Å². The molecule has 0 unspecified atom stereocenters. The van der Waals surface area contributed by atoms with Crippen molar-refractivity contribution < 1.29 is 8.42 Å². The van der Waals surface area contributed by atoms with Crippen LogP contribution in [0.1, 0.15) is 24.8 Å². The maximum Gasteiger partial charge on any atom is 0.243 e. The molecule has 1 aliphatic heterocycles. The Balaban J connectivity index is 2.00. The number of rotatable bonds is 7. The van der Waals surface area contributed by atoms with Crippen LogP contribution in [0.5, 0.6) is 0 Å². The zero-order valence-corrected chi connectivity index (χ0v) is 16.6. The highest BCUT2D eigenvalue weighted by molar-refractivity contribution is 7.98. The first-order valence-electron chi connectivity index (χ1n) is 8.60. The first kappa shape index (κ1) is 20.1. The maximum atomic E-state index is 12.8. The quantitative estimate of drug-likeness (QED) is 0.427. The fraction of sp³-hybridized carbons (Fsp3) is 0.588. The van der Waals surface area contributed by atoms with E-state index in [9.17, 15) is 8.42 Å². The van der Waals surface area contributed by atoms with Crippen molar-refractivity contribution in [3.8, 4) is 0 Å². The van der Waals surface area contributed by atoms with Crippen molar-refractivity contribution in [1.29, 1.82) is 0 Å². The SMILES string of the molecule is CN=C(NCCSC)NCc1cccc(S(=O)(=O)N2CCCCC2)c1. The number of nitrogens with zero attached hydrogens (tertiary/aromatic N) is 2. The fourth-order valence-electron chi connectivity index (χ4n) is 2.75. The lowest BCUT2D eigenvalue weighted by Crippen LogP contribution is -2.38. The summed E-state index contributed by atoms with van der Waals surface area (Å²) in [6, 6.07) is 7.17. The molecule has 0 aromatic heterocycles. The number of thioether (sulfide) groups is 1. The lowest BCUT2D eigenvalue weighted by Gasteiger charge is -2.26. The molecule has 25 heavy (non-hydrogen) atoms. The molecule has 1 aromatic rings. The van der Waals surface area contributed by atoms with E-state index in [4.69, 9.17) is 0 Å². The highest BCUT2D eigenvalue weighted by Crippen LogP contribution is 2.21. The molecule has 1 saturated heterocycles. The number of piperidine rings is 1. The minimum Gasteiger partial charge on any atom is -0.356 e. The van der Waals surface area contributed by atoms with E-state index < -0.39 is 10.0 Å². The van der Waals surface area contributed by atoms with Gasteiger partial charge in [-0.15, -0.1) is 0 Å². The maximum absolute atomic E-state index is 12.8. The Morgan fingerprint density at radius 1 is 1.24 bits per heavy atom. The van der Waals surface area contributed by atoms with Crippen LogP contribution >= 0.6 is 11.8 Å². The molecule has 2 rings (SSSR count). The standard InChI is InChI=1S/C17H28N4O2S2/c1-18-17(19-9-12-24-2)20-14-15-7-6-8-16(13-15)25(22,23)21-10-4-3-5-11-21/h6-8,13H,3-5,9-12,14H2,1-2H3,(H2,18,19,20). The summed E-state index contributed by atoms with van der Waals surface area (Å²) in [6.07, 6.45) is 5.06. The van der Waals surface area contributed by atoms with Crippen LogP contribution in [0.25, 0.3) is 0 Å². The molecule has 1 aliphatic rings. The van der Waals surface area contributed by atoms with Gasteiger partial charge in [-0.05, 0) is 36.8 Å². The van der Waals surface area contributed by atoms with Gasteiger partial charge >= 0.3 is 0 Å². The van der Waals surface area contributed by atoms with Gasteiger partial charge in [-0.2, -0.15) is 16.1 Å². The van der Waals surface area contributed by atoms with E-state index in [0.29, 0.717) is 24.5 Å². The molecule has 140 valence electrons. The average molecular weight is 385 g/mol. The lowest BCUT2D eigenvalue weighted by molar-refractivity contribution is 0.346. The van der Waals surface area contributed by atoms with E-state index in [1.807, 2.05) is 6.07 Å². The van der Waals surface area contributed by atoms with Crippen molar-refractivity contribution in [3.63, 3.8) is 0 Å². The van der Waals surface area contributed by atoms with Crippen LogP contribution in [0, 0.1) is 0 Å². The summed E-state index contributed by atoms with van der Waals surface area (Å²) in [5.41, 5.74) is 0.922. The van der Waals surface area contributed by atoms with Gasteiger partial charge < -0.3 is 10.6 Å². The molecular weight excluding hydrogens is 356 g/mol. The molecule has 1 heterocycles. The Hall–Kier alpha value is -1.25. The van der Waals surface area contributed by atoms with Gasteiger partial charge in [0, 0.05) is 39.0 Å². The topological polar surface area (TPSA) is 73.8 Å². The predicted octanol–water partition coefficient (Wildman–Crippen LogP) is 1.89. The van der Waals surface area contributed by atoms with Gasteiger partial charge in [-0.25, -0.2) is 8.42 Å². The summed E-state index contributed by atoms with van der Waals surface area (Å²) < 4.78 is 27.2. The summed E-state index contributed by atoms with van der Waals surface area (Å²) in [5.74, 6) is 1.72. The van der Waals surface area contributed by atoms with Gasteiger partial charge in [0.1, 0.15) is 0 Å². The molecule has 0 amide bonds. The fourth-order valence-corrected chi connectivity index (χ4v) is 4.64. The zero-order chi connectivity index (χ0) is 18.1. The average Bonchev–Trinajstić information content (AvgIpc) is 2.65. The van der Waals surface area contributed by atoms with Crippen LogP contribution in [0.15, 0.2) is 34.2 Å². The Bertz CT molecular complexity index is 671. The van der Waals surface area contributed by atoms with E-state index in [-0.39, 0.29) is 0 Å². The van der Waals surface area contributed by atoms with Gasteiger partial charge in [0.15, 0.2) is 5.96 Å². The largest absolute Gasteiger partial charge is 0.356 e. The number of guanidine groups is 1. The lowest BCUT2D eigenvalue weighted by atomic mass is 10.2. The molecule has 2 N–H and O–H groups in total. The molecule has 0 atom stereocenters. The molecule has 0 bridgehead atoms. The monoisotopic (exact) mass is 384 g/mol. The summed E-state index contributed by atoms with van der Waals surface area (Å²) >= 11 is 1.77. The van der Waals surface area contributed by atoms with Gasteiger partial charge in [-0.3, -0.25) is 4.99 Å². The molecule has 0 radical (unpaired) electrons. The minimum absolute atomic E-state index is 0.374. The van der Waals surface area contributed by atoms with Crippen LogP contribution < -0.4 is 10.6 Å². The number of aliphatic imine (C=N–C) groups is 1. The first-order valence-corrected chi connectivity index (χ1v) is 11.4. The minimum atomic E-state index is -3.39. The molecular formula is C17H28N4O2S2. The number of hydrogen-bond acceptors (Lipinski definition) is 4. The summed E-state index contributed by atoms with van der Waals surface area (Å²) in [7, 11) is -1.66. The normalized spacial score (nSPS) is 16.6. The molecule has 0 saturated carbocycles. The Labute approximate surface area is 155 Å². The van der Waals surface area contributed by atoms with Gasteiger partial charge in [0.25, 0.3) is 0 Å². The van der Waals surface area contributed by atoms with Crippen molar-refractivity contribution in [3.05, 3.63) is 29.8 Å². The third-order valence-corrected chi connectivity index (χ3v) is 6.64. The van der Waals surface area contributed by atoms with Crippen LogP contribution in [0.2, 0.25) is 0 Å². The van der Waals surface area contributed by atoms with Crippen molar-refractivity contribution >= 4 is 27.7 Å². The van der Waals surface area contributed by atoms with Crippen molar-refractivity contribution in [2.45, 2.75) is 30.7 Å². The van der Waals surface area contributed by atoms with Gasteiger partial charge in [0.2, 0.25) is 10.0 Å². The van der Waals surface area contributed by atoms with Gasteiger partial charge in [-0.1, -0.05) is 18.6 Å². The second-order valence-electron chi connectivity index (χ2n) is 5.96. The zero-order valence-electron chi connectivity index (χ0n) is 15.0. The Kier molecular flexibility index (Phi) is 8.05. The smallest absolute Gasteiger partial charge is 0.243 e. The third-order valence-electron chi connectivity index (χ3n) is 4.13. The predicted molar refractivity (Wildman–Crippen MR) is 106 cm³/mol. The van der Waals surface area contributed by atoms with Crippen LogP contribution in [-0.2, 0) is 16.6 Å². The third kappa shape index (κ3) is 5.90. The number of hydrogen-bond donors (Lipinski definition) is 2. The molecule has 6 nitrogen and oxygen atoms in total. The number of sulfonamides is 1. The molecule has 0 aliphatic carbocycles. The van der Waals surface area contributed by atoms with E-state index in [0.717, 1.165) is 43.1 Å². The van der Waals surface area contributed by atoms with E-state index in [1.165, 1.54) is 0 Å². The van der Waals surface area contributed by atoms with Crippen molar-refractivity contribution in [1.82, 2.24) is 14.9 Å². The second kappa shape index (κ2) is 10.0. The van der Waals surface area contributed by atoms with E-state index >= 15 is 0 Å².